The molecule has 1 heterocycles. The zero-order valence-corrected chi connectivity index (χ0v) is 13.4. The van der Waals surface area contributed by atoms with E-state index in [-0.39, 0.29) is 17.2 Å². The van der Waals surface area contributed by atoms with E-state index in [1.54, 1.807) is 12.1 Å². The van der Waals surface area contributed by atoms with E-state index >= 15 is 0 Å². The Hall–Kier alpha value is -2.92. The number of urea groups is 1. The lowest BCUT2D eigenvalue weighted by molar-refractivity contribution is 0.250. The number of benzene rings is 2. The van der Waals surface area contributed by atoms with Gasteiger partial charge < -0.3 is 5.32 Å². The molecule has 0 aliphatic carbocycles. The van der Waals surface area contributed by atoms with Crippen molar-refractivity contribution in [2.45, 2.75) is 6.04 Å². The monoisotopic (exact) mass is 338 g/mol. The normalized spacial score (nSPS) is 10.4. The molecule has 0 unspecified atom stereocenters. The van der Waals surface area contributed by atoms with Crippen molar-refractivity contribution in [1.29, 1.82) is 0 Å². The van der Waals surface area contributed by atoms with E-state index in [0.29, 0.717) is 5.82 Å². The first-order valence-corrected chi connectivity index (χ1v) is 7.77. The van der Waals surface area contributed by atoms with Crippen LogP contribution in [0.5, 0.6) is 0 Å². The van der Waals surface area contributed by atoms with Crippen LogP contribution in [0.3, 0.4) is 0 Å². The number of aromatic nitrogens is 2. The molecule has 24 heavy (non-hydrogen) atoms. The summed E-state index contributed by atoms with van der Waals surface area (Å²) in [6, 6.07) is 22.0. The molecule has 3 rings (SSSR count). The van der Waals surface area contributed by atoms with E-state index in [1.165, 1.54) is 0 Å². The van der Waals surface area contributed by atoms with Gasteiger partial charge in [-0.15, -0.1) is 10.2 Å². The number of rotatable bonds is 4. The fraction of sp³-hybridized carbons (Fsp3) is 0.0556. The number of nitrogens with one attached hydrogen (secondary N) is 2. The molecule has 2 N–H and O–H groups in total. The maximum atomic E-state index is 12.3. The minimum absolute atomic E-state index is 0.271. The third-order valence-corrected chi connectivity index (χ3v) is 3.62. The summed E-state index contributed by atoms with van der Waals surface area (Å²) in [6.45, 7) is 0. The van der Waals surface area contributed by atoms with Crippen molar-refractivity contribution in [1.82, 2.24) is 15.5 Å². The molecule has 0 spiro atoms. The number of amides is 2. The predicted octanol–water partition coefficient (Wildman–Crippen LogP) is 4.04. The highest BCUT2D eigenvalue weighted by Gasteiger charge is 2.16. The lowest BCUT2D eigenvalue weighted by atomic mass is 9.99. The first kappa shape index (κ1) is 16.0. The molecular formula is C18H15ClN4O. The van der Waals surface area contributed by atoms with E-state index in [0.717, 1.165) is 11.1 Å². The molecule has 0 aliphatic rings. The largest absolute Gasteiger partial charge is 0.327 e. The second-order valence-corrected chi connectivity index (χ2v) is 5.48. The van der Waals surface area contributed by atoms with Crippen LogP contribution in [0.1, 0.15) is 17.2 Å². The second kappa shape index (κ2) is 7.57. The topological polar surface area (TPSA) is 66.9 Å². The lowest BCUT2D eigenvalue weighted by Gasteiger charge is -2.20. The molecule has 0 aliphatic heterocycles. The molecule has 0 bridgehead atoms. The fourth-order valence-electron chi connectivity index (χ4n) is 2.32. The van der Waals surface area contributed by atoms with E-state index in [1.807, 2.05) is 60.7 Å². The zero-order chi connectivity index (χ0) is 16.8. The molecule has 2 amide bonds. The summed E-state index contributed by atoms with van der Waals surface area (Å²) in [5.74, 6) is 0.330. The molecule has 3 aromatic rings. The Bertz CT molecular complexity index is 755. The second-order valence-electron chi connectivity index (χ2n) is 5.09. The predicted molar refractivity (Wildman–Crippen MR) is 93.9 cm³/mol. The minimum atomic E-state index is -0.371. The van der Waals surface area contributed by atoms with Crippen LogP contribution in [-0.2, 0) is 0 Å². The van der Waals surface area contributed by atoms with Gasteiger partial charge in [-0.3, -0.25) is 5.32 Å². The van der Waals surface area contributed by atoms with Gasteiger partial charge >= 0.3 is 6.03 Å². The molecule has 120 valence electrons. The van der Waals surface area contributed by atoms with Crippen molar-refractivity contribution in [3.05, 3.63) is 89.1 Å². The number of halogens is 1. The van der Waals surface area contributed by atoms with Crippen LogP contribution in [0.15, 0.2) is 72.8 Å². The van der Waals surface area contributed by atoms with Gasteiger partial charge in [0.05, 0.1) is 6.04 Å². The van der Waals surface area contributed by atoms with Gasteiger partial charge in [-0.1, -0.05) is 72.3 Å². The maximum Gasteiger partial charge on any atom is 0.321 e. The van der Waals surface area contributed by atoms with Gasteiger partial charge in [-0.2, -0.15) is 0 Å². The average Bonchev–Trinajstić information content (AvgIpc) is 2.63. The first-order valence-electron chi connectivity index (χ1n) is 7.39. The van der Waals surface area contributed by atoms with Crippen molar-refractivity contribution >= 4 is 23.4 Å². The number of nitrogens with zero attached hydrogens (tertiary/aromatic N) is 2. The highest BCUT2D eigenvalue weighted by molar-refractivity contribution is 6.29. The summed E-state index contributed by atoms with van der Waals surface area (Å²) < 4.78 is 0. The summed E-state index contributed by atoms with van der Waals surface area (Å²) in [7, 11) is 0. The third kappa shape index (κ3) is 4.08. The molecule has 0 atom stereocenters. The fourth-order valence-corrected chi connectivity index (χ4v) is 2.42. The molecule has 0 saturated heterocycles. The average molecular weight is 339 g/mol. The Morgan fingerprint density at radius 3 is 1.92 bits per heavy atom. The van der Waals surface area contributed by atoms with Gasteiger partial charge in [0.2, 0.25) is 0 Å². The van der Waals surface area contributed by atoms with E-state index in [2.05, 4.69) is 20.8 Å². The van der Waals surface area contributed by atoms with Crippen LogP contribution >= 0.6 is 11.6 Å². The summed E-state index contributed by atoms with van der Waals surface area (Å²) in [6.07, 6.45) is 0. The van der Waals surface area contributed by atoms with E-state index < -0.39 is 0 Å². The Morgan fingerprint density at radius 1 is 0.833 bits per heavy atom. The molecule has 0 fully saturated rings. The van der Waals surface area contributed by atoms with Gasteiger partial charge in [-0.25, -0.2) is 4.79 Å². The van der Waals surface area contributed by atoms with Gasteiger partial charge in [0.25, 0.3) is 0 Å². The number of hydrogen-bond acceptors (Lipinski definition) is 3. The number of carbonyl (C=O) groups excluding carboxylic acids is 1. The van der Waals surface area contributed by atoms with Crippen molar-refractivity contribution in [2.24, 2.45) is 0 Å². The Morgan fingerprint density at radius 2 is 1.42 bits per heavy atom. The SMILES string of the molecule is O=C(Nc1ccc(Cl)nn1)NC(c1ccccc1)c1ccccc1. The quantitative estimate of drug-likeness (QED) is 0.754. The molecule has 0 radical (unpaired) electrons. The van der Waals surface area contributed by atoms with Gasteiger partial charge in [0.15, 0.2) is 11.0 Å². The smallest absolute Gasteiger partial charge is 0.321 e. The molecule has 1 aromatic heterocycles. The zero-order valence-electron chi connectivity index (χ0n) is 12.7. The summed E-state index contributed by atoms with van der Waals surface area (Å²) in [4.78, 5) is 12.3. The van der Waals surface area contributed by atoms with Crippen LogP contribution in [-0.4, -0.2) is 16.2 Å². The van der Waals surface area contributed by atoms with E-state index in [9.17, 15) is 4.79 Å². The highest BCUT2D eigenvalue weighted by Crippen LogP contribution is 2.21. The lowest BCUT2D eigenvalue weighted by Crippen LogP contribution is -2.33. The first-order chi connectivity index (χ1) is 11.7. The van der Waals surface area contributed by atoms with Crippen molar-refractivity contribution < 1.29 is 4.79 Å². The highest BCUT2D eigenvalue weighted by atomic mass is 35.5. The van der Waals surface area contributed by atoms with Crippen LogP contribution in [0.25, 0.3) is 0 Å². The minimum Gasteiger partial charge on any atom is -0.327 e. The molecule has 0 saturated carbocycles. The summed E-state index contributed by atoms with van der Waals surface area (Å²) in [5, 5.41) is 13.4. The van der Waals surface area contributed by atoms with E-state index in [4.69, 9.17) is 11.6 Å². The molecule has 2 aromatic carbocycles. The maximum absolute atomic E-state index is 12.3. The molecular weight excluding hydrogens is 324 g/mol. The van der Waals surface area contributed by atoms with Crippen molar-refractivity contribution in [3.63, 3.8) is 0 Å². The van der Waals surface area contributed by atoms with Crippen LogP contribution in [0.2, 0.25) is 5.15 Å². The van der Waals surface area contributed by atoms with Crippen LogP contribution < -0.4 is 10.6 Å². The van der Waals surface area contributed by atoms with Crippen LogP contribution in [0, 0.1) is 0 Å². The Balaban J connectivity index is 1.79. The molecule has 5 nitrogen and oxygen atoms in total. The Kier molecular flexibility index (Phi) is 5.03. The number of hydrogen-bond donors (Lipinski definition) is 2. The van der Waals surface area contributed by atoms with Crippen LogP contribution in [0.4, 0.5) is 10.6 Å². The number of carbonyl (C=O) groups is 1. The summed E-state index contributed by atoms with van der Waals surface area (Å²) in [5.41, 5.74) is 1.97. The van der Waals surface area contributed by atoms with Gasteiger partial charge in [0, 0.05) is 0 Å². The Labute approximate surface area is 144 Å². The summed E-state index contributed by atoms with van der Waals surface area (Å²) >= 11 is 5.69. The van der Waals surface area contributed by atoms with Gasteiger partial charge in [0.1, 0.15) is 0 Å². The molecule has 6 heteroatoms. The number of anilines is 1. The third-order valence-electron chi connectivity index (χ3n) is 3.41. The van der Waals surface area contributed by atoms with Crippen molar-refractivity contribution in [2.75, 3.05) is 5.32 Å². The van der Waals surface area contributed by atoms with Crippen molar-refractivity contribution in [3.8, 4) is 0 Å². The van der Waals surface area contributed by atoms with Gasteiger partial charge in [-0.05, 0) is 23.3 Å². The standard InChI is InChI=1S/C18H15ClN4O/c19-15-11-12-16(23-22-15)20-18(24)21-17(13-7-3-1-4-8-13)14-9-5-2-6-10-14/h1-12,17H,(H2,20,21,23,24).